The number of nitrogens with two attached hydrogens (primary N) is 1. The molecule has 0 aliphatic carbocycles. The van der Waals surface area contributed by atoms with E-state index in [4.69, 9.17) is 5.73 Å². The third-order valence-corrected chi connectivity index (χ3v) is 3.86. The Balaban J connectivity index is 2.34. The molecule has 1 fully saturated rings. The fourth-order valence-electron chi connectivity index (χ4n) is 2.68. The minimum Gasteiger partial charge on any atom is -0.478 e. The van der Waals surface area contributed by atoms with Crippen LogP contribution in [0.5, 0.6) is 0 Å². The van der Waals surface area contributed by atoms with Crippen molar-refractivity contribution in [2.24, 2.45) is 0 Å². The van der Waals surface area contributed by atoms with Gasteiger partial charge in [-0.2, -0.15) is 0 Å². The zero-order valence-corrected chi connectivity index (χ0v) is 11.5. The van der Waals surface area contributed by atoms with Crippen molar-refractivity contribution in [1.29, 1.82) is 0 Å². The third kappa shape index (κ3) is 2.66. The molecule has 2 rings (SSSR count). The van der Waals surface area contributed by atoms with Crippen molar-refractivity contribution in [3.05, 3.63) is 23.8 Å². The van der Waals surface area contributed by atoms with E-state index in [1.807, 2.05) is 0 Å². The van der Waals surface area contributed by atoms with E-state index in [0.29, 0.717) is 23.0 Å². The zero-order chi connectivity index (χ0) is 14.0. The van der Waals surface area contributed by atoms with Gasteiger partial charge in [0, 0.05) is 25.7 Å². The summed E-state index contributed by atoms with van der Waals surface area (Å²) >= 11 is 0. The van der Waals surface area contributed by atoms with Crippen LogP contribution in [0.3, 0.4) is 0 Å². The zero-order valence-electron chi connectivity index (χ0n) is 11.5. The van der Waals surface area contributed by atoms with Gasteiger partial charge >= 0.3 is 5.97 Å². The molecule has 1 saturated heterocycles. The number of nitrogens with zero attached hydrogens (tertiary/aromatic N) is 2. The molecule has 0 bridgehead atoms. The van der Waals surface area contributed by atoms with E-state index in [1.54, 1.807) is 18.2 Å². The topological polar surface area (TPSA) is 69.8 Å². The number of nitrogen functional groups attached to an aromatic ring is 1. The van der Waals surface area contributed by atoms with Gasteiger partial charge < -0.3 is 15.7 Å². The number of carbonyl (C=O) groups is 1. The maximum absolute atomic E-state index is 11.3. The second kappa shape index (κ2) is 5.48. The summed E-state index contributed by atoms with van der Waals surface area (Å²) in [7, 11) is 2.11. The van der Waals surface area contributed by atoms with E-state index in [2.05, 4.69) is 23.8 Å². The van der Waals surface area contributed by atoms with Crippen molar-refractivity contribution < 1.29 is 9.90 Å². The average Bonchev–Trinajstić information content (AvgIpc) is 2.39. The van der Waals surface area contributed by atoms with E-state index < -0.39 is 5.97 Å². The van der Waals surface area contributed by atoms with Gasteiger partial charge in [0.1, 0.15) is 0 Å². The third-order valence-electron chi connectivity index (χ3n) is 3.86. The molecule has 104 valence electrons. The van der Waals surface area contributed by atoms with Crippen LogP contribution in [0.1, 0.15) is 23.7 Å². The summed E-state index contributed by atoms with van der Waals surface area (Å²) in [6.07, 6.45) is 1.04. The van der Waals surface area contributed by atoms with Crippen molar-refractivity contribution in [3.8, 4) is 0 Å². The van der Waals surface area contributed by atoms with Gasteiger partial charge in [0.05, 0.1) is 16.9 Å². The van der Waals surface area contributed by atoms with Gasteiger partial charge in [0.15, 0.2) is 0 Å². The first-order chi connectivity index (χ1) is 9.04. The molecule has 0 aromatic heterocycles. The molecule has 5 heteroatoms. The maximum atomic E-state index is 11.3. The minimum atomic E-state index is -0.922. The molecule has 5 nitrogen and oxygen atoms in total. The largest absolute Gasteiger partial charge is 0.478 e. The molecule has 19 heavy (non-hydrogen) atoms. The van der Waals surface area contributed by atoms with Crippen molar-refractivity contribution in [3.63, 3.8) is 0 Å². The molecule has 1 unspecified atom stereocenters. The Morgan fingerprint density at radius 1 is 1.47 bits per heavy atom. The van der Waals surface area contributed by atoms with Crippen LogP contribution in [0.15, 0.2) is 18.2 Å². The normalized spacial score (nSPS) is 20.5. The highest BCUT2D eigenvalue weighted by Gasteiger charge is 2.26. The minimum absolute atomic E-state index is 0.291. The smallest absolute Gasteiger partial charge is 0.337 e. The van der Waals surface area contributed by atoms with Crippen LogP contribution in [0.4, 0.5) is 11.4 Å². The number of hydrogen-bond acceptors (Lipinski definition) is 4. The average molecular weight is 263 g/mol. The van der Waals surface area contributed by atoms with Crippen molar-refractivity contribution >= 4 is 17.3 Å². The lowest BCUT2D eigenvalue weighted by atomic mass is 10.1. The van der Waals surface area contributed by atoms with Crippen molar-refractivity contribution in [1.82, 2.24) is 4.90 Å². The van der Waals surface area contributed by atoms with Crippen molar-refractivity contribution in [2.75, 3.05) is 37.3 Å². The van der Waals surface area contributed by atoms with Crippen LogP contribution in [-0.2, 0) is 0 Å². The molecule has 3 N–H and O–H groups in total. The number of benzene rings is 1. The summed E-state index contributed by atoms with van der Waals surface area (Å²) in [4.78, 5) is 15.8. The maximum Gasteiger partial charge on any atom is 0.337 e. The van der Waals surface area contributed by atoms with Gasteiger partial charge in [-0.15, -0.1) is 0 Å². The number of carboxylic acid groups (broad SMARTS) is 1. The second-order valence-corrected chi connectivity index (χ2v) is 5.04. The quantitative estimate of drug-likeness (QED) is 0.809. The molecule has 0 radical (unpaired) electrons. The Bertz CT molecular complexity index is 476. The molecule has 0 spiro atoms. The summed E-state index contributed by atoms with van der Waals surface area (Å²) in [6, 6.07) is 5.51. The summed E-state index contributed by atoms with van der Waals surface area (Å²) in [5.74, 6) is -0.922. The predicted octanol–water partition coefficient (Wildman–Crippen LogP) is 1.50. The standard InChI is InChI=1S/C14H21N3O2/c1-3-10-9-17(8-7-16(10)2)13-11(14(18)19)5-4-6-12(13)15/h4-6,10H,3,7-9,15H2,1-2H3,(H,18,19). The van der Waals surface area contributed by atoms with Crippen LogP contribution in [0.25, 0.3) is 0 Å². The highest BCUT2D eigenvalue weighted by atomic mass is 16.4. The first-order valence-corrected chi connectivity index (χ1v) is 6.61. The fourth-order valence-corrected chi connectivity index (χ4v) is 2.68. The van der Waals surface area contributed by atoms with Crippen LogP contribution in [0, 0.1) is 0 Å². The van der Waals surface area contributed by atoms with Gasteiger partial charge in [-0.25, -0.2) is 4.79 Å². The lowest BCUT2D eigenvalue weighted by Gasteiger charge is -2.41. The van der Waals surface area contributed by atoms with Gasteiger partial charge in [0.25, 0.3) is 0 Å². The summed E-state index contributed by atoms with van der Waals surface area (Å²) in [5, 5.41) is 9.30. The van der Waals surface area contributed by atoms with Gasteiger partial charge in [-0.3, -0.25) is 4.90 Å². The van der Waals surface area contributed by atoms with E-state index in [9.17, 15) is 9.90 Å². The van der Waals surface area contributed by atoms with E-state index >= 15 is 0 Å². The van der Waals surface area contributed by atoms with Gasteiger partial charge in [0.2, 0.25) is 0 Å². The summed E-state index contributed by atoms with van der Waals surface area (Å²) in [5.41, 5.74) is 7.49. The Kier molecular flexibility index (Phi) is 3.95. The number of piperazine rings is 1. The first kappa shape index (κ1) is 13.7. The summed E-state index contributed by atoms with van der Waals surface area (Å²) in [6.45, 7) is 4.70. The highest BCUT2D eigenvalue weighted by molar-refractivity contribution is 5.98. The van der Waals surface area contributed by atoms with Gasteiger partial charge in [-0.05, 0) is 25.6 Å². The van der Waals surface area contributed by atoms with E-state index in [0.717, 1.165) is 26.1 Å². The van der Waals surface area contributed by atoms with Crippen LogP contribution in [0.2, 0.25) is 0 Å². The Hall–Kier alpha value is -1.75. The molecular formula is C14H21N3O2. The Morgan fingerprint density at radius 2 is 2.21 bits per heavy atom. The molecule has 1 aliphatic rings. The summed E-state index contributed by atoms with van der Waals surface area (Å²) < 4.78 is 0. The number of para-hydroxylation sites is 1. The number of rotatable bonds is 3. The molecule has 1 atom stereocenters. The number of carboxylic acids is 1. The first-order valence-electron chi connectivity index (χ1n) is 6.61. The van der Waals surface area contributed by atoms with Gasteiger partial charge in [-0.1, -0.05) is 13.0 Å². The Labute approximate surface area is 113 Å². The molecule has 1 aromatic carbocycles. The van der Waals surface area contributed by atoms with E-state index in [1.165, 1.54) is 0 Å². The Morgan fingerprint density at radius 3 is 2.84 bits per heavy atom. The number of aromatic carboxylic acids is 1. The number of likely N-dealkylation sites (N-methyl/N-ethyl adjacent to an activating group) is 1. The van der Waals surface area contributed by atoms with Crippen LogP contribution in [-0.4, -0.2) is 48.7 Å². The predicted molar refractivity (Wildman–Crippen MR) is 76.7 cm³/mol. The van der Waals surface area contributed by atoms with Crippen LogP contribution >= 0.6 is 0 Å². The van der Waals surface area contributed by atoms with Crippen LogP contribution < -0.4 is 10.6 Å². The van der Waals surface area contributed by atoms with E-state index in [-0.39, 0.29) is 0 Å². The monoisotopic (exact) mass is 263 g/mol. The number of hydrogen-bond donors (Lipinski definition) is 2. The lowest BCUT2D eigenvalue weighted by Crippen LogP contribution is -2.51. The SMILES string of the molecule is CCC1CN(c2c(N)cccc2C(=O)O)CCN1C. The highest BCUT2D eigenvalue weighted by Crippen LogP contribution is 2.30. The number of anilines is 2. The molecular weight excluding hydrogens is 242 g/mol. The molecule has 1 heterocycles. The molecule has 1 aromatic rings. The molecule has 0 saturated carbocycles. The molecule has 0 amide bonds. The fraction of sp³-hybridized carbons (Fsp3) is 0.500. The lowest BCUT2D eigenvalue weighted by molar-refractivity contribution is 0.0697. The molecule has 1 aliphatic heterocycles. The van der Waals surface area contributed by atoms with Crippen molar-refractivity contribution in [2.45, 2.75) is 19.4 Å². The second-order valence-electron chi connectivity index (χ2n) is 5.04.